The number of nitrogens with zero attached hydrogens (tertiary/aromatic N) is 3. The molecule has 2 aliphatic heterocycles. The molecule has 36 heavy (non-hydrogen) atoms. The van der Waals surface area contributed by atoms with Crippen LogP contribution in [0.4, 0.5) is 0 Å². The predicted molar refractivity (Wildman–Crippen MR) is 137 cm³/mol. The van der Waals surface area contributed by atoms with Crippen molar-refractivity contribution in [2.75, 3.05) is 19.6 Å². The second kappa shape index (κ2) is 8.11. The third-order valence-electron chi connectivity index (χ3n) is 8.31. The van der Waals surface area contributed by atoms with Gasteiger partial charge in [0, 0.05) is 43.4 Å². The van der Waals surface area contributed by atoms with Crippen molar-refractivity contribution < 1.29 is 9.59 Å². The lowest BCUT2D eigenvalue weighted by atomic mass is 9.97. The number of hydrogen-bond donors (Lipinski definition) is 2. The molecule has 2 saturated carbocycles. The zero-order valence-corrected chi connectivity index (χ0v) is 20.3. The van der Waals surface area contributed by atoms with Crippen molar-refractivity contribution in [3.05, 3.63) is 65.9 Å². The van der Waals surface area contributed by atoms with E-state index in [-0.39, 0.29) is 23.5 Å². The summed E-state index contributed by atoms with van der Waals surface area (Å²) in [7, 11) is 0. The fourth-order valence-corrected chi connectivity index (χ4v) is 5.78. The summed E-state index contributed by atoms with van der Waals surface area (Å²) in [5.41, 5.74) is 10.6. The minimum Gasteiger partial charge on any atom is -0.342 e. The van der Waals surface area contributed by atoms with E-state index in [9.17, 15) is 9.59 Å². The van der Waals surface area contributed by atoms with Gasteiger partial charge in [-0.3, -0.25) is 19.9 Å². The molecular formula is C29H31N5O2. The molecule has 1 spiro atoms. The average molecular weight is 482 g/mol. The Hall–Kier alpha value is -3.29. The lowest BCUT2D eigenvalue weighted by molar-refractivity contribution is -0.140. The van der Waals surface area contributed by atoms with Crippen LogP contribution >= 0.6 is 0 Å². The van der Waals surface area contributed by atoms with Gasteiger partial charge >= 0.3 is 0 Å². The molecule has 3 heterocycles. The van der Waals surface area contributed by atoms with Crippen LogP contribution in [0, 0.1) is 11.8 Å². The Morgan fingerprint density at radius 2 is 1.78 bits per heavy atom. The number of hydrogen-bond acceptors (Lipinski definition) is 5. The summed E-state index contributed by atoms with van der Waals surface area (Å²) in [6.07, 6.45) is 3.79. The fourth-order valence-electron chi connectivity index (χ4n) is 5.78. The van der Waals surface area contributed by atoms with E-state index in [4.69, 9.17) is 5.73 Å². The third kappa shape index (κ3) is 3.69. The third-order valence-corrected chi connectivity index (χ3v) is 8.31. The van der Waals surface area contributed by atoms with Crippen LogP contribution in [0.1, 0.15) is 43.1 Å². The SMILES string of the molecule is NCc1ccc2cc(-c3ccc(C4NC5(CC5)C(=O)N4CC4CN(C(=O)C5CC5)C4)cc3)ccc2n1. The van der Waals surface area contributed by atoms with E-state index >= 15 is 0 Å². The molecule has 7 rings (SSSR count). The van der Waals surface area contributed by atoms with Gasteiger partial charge in [0.25, 0.3) is 0 Å². The van der Waals surface area contributed by atoms with Crippen molar-refractivity contribution in [3.63, 3.8) is 0 Å². The summed E-state index contributed by atoms with van der Waals surface area (Å²) in [5, 5.41) is 4.74. The van der Waals surface area contributed by atoms with E-state index in [2.05, 4.69) is 52.8 Å². The molecular weight excluding hydrogens is 450 g/mol. The molecule has 2 aromatic carbocycles. The highest BCUT2D eigenvalue weighted by atomic mass is 16.2. The zero-order chi connectivity index (χ0) is 24.4. The van der Waals surface area contributed by atoms with Gasteiger partial charge in [-0.15, -0.1) is 0 Å². The van der Waals surface area contributed by atoms with Crippen LogP contribution < -0.4 is 11.1 Å². The summed E-state index contributed by atoms with van der Waals surface area (Å²) in [6.45, 7) is 2.70. The summed E-state index contributed by atoms with van der Waals surface area (Å²) in [5.74, 6) is 1.17. The van der Waals surface area contributed by atoms with E-state index in [1.54, 1.807) is 0 Å². The molecule has 1 aromatic heterocycles. The number of nitrogens with two attached hydrogens (primary N) is 1. The molecule has 3 aromatic rings. The molecule has 4 aliphatic rings. The molecule has 7 heteroatoms. The molecule has 7 nitrogen and oxygen atoms in total. The fraction of sp³-hybridized carbons (Fsp3) is 0.414. The van der Waals surface area contributed by atoms with Crippen molar-refractivity contribution in [2.45, 2.75) is 43.9 Å². The van der Waals surface area contributed by atoms with E-state index in [1.165, 1.54) is 0 Å². The van der Waals surface area contributed by atoms with Gasteiger partial charge in [0.2, 0.25) is 11.8 Å². The standard InChI is InChI=1S/C29H31N5O2/c30-14-24-9-7-23-13-22(8-10-25(23)31-24)19-1-3-20(4-2-19)26-32-29(11-12-29)28(36)34(26)17-18-15-33(16-18)27(35)21-5-6-21/h1-4,7-10,13,18,21,26,32H,5-6,11-12,14-17,30H2. The second-order valence-electron chi connectivity index (χ2n) is 11.0. The number of rotatable bonds is 6. The van der Waals surface area contributed by atoms with Gasteiger partial charge in [0.05, 0.1) is 11.2 Å². The predicted octanol–water partition coefficient (Wildman–Crippen LogP) is 3.19. The number of likely N-dealkylation sites (tertiary alicyclic amines) is 1. The Kier molecular flexibility index (Phi) is 4.95. The first-order valence-electron chi connectivity index (χ1n) is 13.1. The lowest BCUT2D eigenvalue weighted by Gasteiger charge is -2.42. The number of amides is 2. The van der Waals surface area contributed by atoms with E-state index in [1.807, 2.05) is 21.9 Å². The van der Waals surface area contributed by atoms with Gasteiger partial charge in [-0.25, -0.2) is 0 Å². The smallest absolute Gasteiger partial charge is 0.244 e. The van der Waals surface area contributed by atoms with Crippen molar-refractivity contribution in [3.8, 4) is 11.1 Å². The molecule has 2 amide bonds. The Balaban J connectivity index is 1.09. The Bertz CT molecular complexity index is 1360. The summed E-state index contributed by atoms with van der Waals surface area (Å²) in [4.78, 5) is 34.2. The van der Waals surface area contributed by atoms with Gasteiger partial charge in [0.1, 0.15) is 11.7 Å². The topological polar surface area (TPSA) is 91.6 Å². The van der Waals surface area contributed by atoms with Crippen molar-refractivity contribution in [2.24, 2.45) is 17.6 Å². The molecule has 0 radical (unpaired) electrons. The van der Waals surface area contributed by atoms with Gasteiger partial charge < -0.3 is 15.5 Å². The van der Waals surface area contributed by atoms with Crippen molar-refractivity contribution in [1.82, 2.24) is 20.1 Å². The first-order chi connectivity index (χ1) is 17.5. The summed E-state index contributed by atoms with van der Waals surface area (Å²) >= 11 is 0. The van der Waals surface area contributed by atoms with Gasteiger partial charge in [-0.1, -0.05) is 36.4 Å². The number of carbonyl (C=O) groups excluding carboxylic acids is 2. The number of benzene rings is 2. The second-order valence-corrected chi connectivity index (χ2v) is 11.0. The minimum absolute atomic E-state index is 0.113. The lowest BCUT2D eigenvalue weighted by Crippen LogP contribution is -2.55. The maximum Gasteiger partial charge on any atom is 0.244 e. The summed E-state index contributed by atoms with van der Waals surface area (Å²) in [6, 6.07) is 18.9. The Morgan fingerprint density at radius 3 is 2.47 bits per heavy atom. The van der Waals surface area contributed by atoms with Crippen molar-refractivity contribution in [1.29, 1.82) is 0 Å². The van der Waals surface area contributed by atoms with Gasteiger partial charge in [-0.2, -0.15) is 0 Å². The van der Waals surface area contributed by atoms with Crippen LogP contribution in [0.15, 0.2) is 54.6 Å². The molecule has 4 fully saturated rings. The molecule has 0 bridgehead atoms. The zero-order valence-electron chi connectivity index (χ0n) is 20.3. The number of aromatic nitrogens is 1. The molecule has 2 aliphatic carbocycles. The van der Waals surface area contributed by atoms with E-state index in [0.29, 0.717) is 24.9 Å². The molecule has 184 valence electrons. The normalized spacial score (nSPS) is 22.9. The van der Waals surface area contributed by atoms with Gasteiger partial charge in [0.15, 0.2) is 0 Å². The first kappa shape index (κ1) is 21.9. The minimum atomic E-state index is -0.371. The van der Waals surface area contributed by atoms with Crippen LogP contribution in [0.5, 0.6) is 0 Å². The number of fused-ring (bicyclic) bond motifs is 1. The molecule has 1 unspecified atom stereocenters. The van der Waals surface area contributed by atoms with Gasteiger partial charge in [-0.05, 0) is 60.6 Å². The molecule has 3 N–H and O–H groups in total. The summed E-state index contributed by atoms with van der Waals surface area (Å²) < 4.78 is 0. The maximum absolute atomic E-state index is 13.3. The molecule has 1 atom stereocenters. The van der Waals surface area contributed by atoms with E-state index in [0.717, 1.165) is 72.1 Å². The monoisotopic (exact) mass is 481 g/mol. The quantitative estimate of drug-likeness (QED) is 0.564. The first-order valence-corrected chi connectivity index (χ1v) is 13.1. The van der Waals surface area contributed by atoms with E-state index < -0.39 is 0 Å². The Labute approximate surface area is 210 Å². The van der Waals surface area contributed by atoms with Crippen LogP contribution in [0.2, 0.25) is 0 Å². The maximum atomic E-state index is 13.3. The number of pyridine rings is 1. The van der Waals surface area contributed by atoms with Crippen molar-refractivity contribution >= 4 is 22.7 Å². The largest absolute Gasteiger partial charge is 0.342 e. The van der Waals surface area contributed by atoms with Crippen LogP contribution in [-0.2, 0) is 16.1 Å². The Morgan fingerprint density at radius 1 is 1.03 bits per heavy atom. The number of carbonyl (C=O) groups is 2. The van der Waals surface area contributed by atoms with Crippen LogP contribution in [0.25, 0.3) is 22.0 Å². The highest BCUT2D eigenvalue weighted by Gasteiger charge is 2.59. The number of nitrogens with one attached hydrogen (secondary N) is 1. The highest BCUT2D eigenvalue weighted by Crippen LogP contribution is 2.46. The molecule has 2 saturated heterocycles. The highest BCUT2D eigenvalue weighted by molar-refractivity contribution is 5.92. The van der Waals surface area contributed by atoms with Crippen LogP contribution in [0.3, 0.4) is 0 Å². The average Bonchev–Trinajstić information content (AvgIpc) is 3.81. The van der Waals surface area contributed by atoms with Crippen LogP contribution in [-0.4, -0.2) is 51.8 Å².